The van der Waals surface area contributed by atoms with Crippen LogP contribution >= 0.6 is 11.8 Å². The number of carbonyl (C=O) groups excluding carboxylic acids is 2. The van der Waals surface area contributed by atoms with Crippen LogP contribution in [0.1, 0.15) is 33.3 Å². The second-order valence-corrected chi connectivity index (χ2v) is 7.65. The van der Waals surface area contributed by atoms with Crippen LogP contribution in [0.3, 0.4) is 0 Å². The lowest BCUT2D eigenvalue weighted by molar-refractivity contribution is -0.137. The van der Waals surface area contributed by atoms with Gasteiger partial charge in [0, 0.05) is 5.25 Å². The van der Waals surface area contributed by atoms with Crippen molar-refractivity contribution in [1.29, 1.82) is 0 Å². The molecule has 1 aromatic rings. The Morgan fingerprint density at radius 3 is 2.25 bits per heavy atom. The first kappa shape index (κ1) is 18.7. The van der Waals surface area contributed by atoms with Crippen LogP contribution in [0.5, 0.6) is 0 Å². The molecule has 130 valence electrons. The molecule has 0 saturated heterocycles. The second-order valence-electron chi connectivity index (χ2n) is 6.06. The van der Waals surface area contributed by atoms with Gasteiger partial charge in [-0.1, -0.05) is 26.0 Å². The van der Waals surface area contributed by atoms with Gasteiger partial charge in [0.1, 0.15) is 5.82 Å². The van der Waals surface area contributed by atoms with Gasteiger partial charge in [-0.15, -0.1) is 11.8 Å². The lowest BCUT2D eigenvalue weighted by Gasteiger charge is -2.16. The van der Waals surface area contributed by atoms with E-state index in [1.54, 1.807) is 0 Å². The minimum atomic E-state index is -0.378. The fourth-order valence-corrected chi connectivity index (χ4v) is 3.36. The number of hydrogen-bond acceptors (Lipinski definition) is 4. The van der Waals surface area contributed by atoms with Gasteiger partial charge in [0.05, 0.1) is 29.7 Å². The van der Waals surface area contributed by atoms with E-state index in [1.807, 2.05) is 27.7 Å². The van der Waals surface area contributed by atoms with Crippen LogP contribution in [0, 0.1) is 5.82 Å². The molecule has 0 unspecified atom stereocenters. The van der Waals surface area contributed by atoms with Crippen LogP contribution in [0.2, 0.25) is 0 Å². The summed E-state index contributed by atoms with van der Waals surface area (Å²) in [7, 11) is 0. The van der Waals surface area contributed by atoms with Gasteiger partial charge in [-0.2, -0.15) is 0 Å². The quantitative estimate of drug-likeness (QED) is 0.706. The van der Waals surface area contributed by atoms with E-state index >= 15 is 0 Å². The third kappa shape index (κ3) is 4.24. The van der Waals surface area contributed by atoms with Crippen LogP contribution in [0.25, 0.3) is 5.57 Å². The number of carbonyl (C=O) groups is 2. The highest BCUT2D eigenvalue weighted by Crippen LogP contribution is 2.37. The summed E-state index contributed by atoms with van der Waals surface area (Å²) in [5.74, 6) is -1.02. The molecule has 0 fully saturated rings. The van der Waals surface area contributed by atoms with Gasteiger partial charge in [0.25, 0.3) is 11.8 Å². The third-order valence-corrected chi connectivity index (χ3v) is 4.46. The molecule has 24 heavy (non-hydrogen) atoms. The molecule has 4 nitrogen and oxygen atoms in total. The Morgan fingerprint density at radius 1 is 1.08 bits per heavy atom. The van der Waals surface area contributed by atoms with Crippen LogP contribution in [-0.4, -0.2) is 41.2 Å². The van der Waals surface area contributed by atoms with Crippen LogP contribution in [-0.2, 0) is 14.3 Å². The molecule has 0 radical (unpaired) electrons. The smallest absolute Gasteiger partial charge is 0.268 e. The molecule has 0 saturated carbocycles. The van der Waals surface area contributed by atoms with Gasteiger partial charge in [0.15, 0.2) is 0 Å². The van der Waals surface area contributed by atoms with Crippen molar-refractivity contribution in [3.05, 3.63) is 40.6 Å². The maximum Gasteiger partial charge on any atom is 0.268 e. The number of hydrogen-bond donors (Lipinski definition) is 0. The molecule has 0 atom stereocenters. The molecular weight excluding hydrogens is 329 g/mol. The summed E-state index contributed by atoms with van der Waals surface area (Å²) in [6.07, 6.45) is 0.0341. The van der Waals surface area contributed by atoms with E-state index in [2.05, 4.69) is 0 Å². The first-order valence-corrected chi connectivity index (χ1v) is 8.84. The minimum absolute atomic E-state index is 0.0341. The number of ether oxygens (including phenoxy) is 1. The summed E-state index contributed by atoms with van der Waals surface area (Å²) in [6, 6.07) is 5.65. The van der Waals surface area contributed by atoms with Crippen LogP contribution in [0.15, 0.2) is 29.2 Å². The average molecular weight is 351 g/mol. The SMILES string of the molecule is CC(C)OCCN1C(=O)C(SC(C)C)=C(c2ccc(F)cc2)C1=O. The number of thioether (sulfide) groups is 1. The summed E-state index contributed by atoms with van der Waals surface area (Å²) in [6.45, 7) is 8.23. The molecule has 1 aliphatic rings. The van der Waals surface area contributed by atoms with Crippen molar-refractivity contribution in [3.63, 3.8) is 0 Å². The lowest BCUT2D eigenvalue weighted by Crippen LogP contribution is -2.35. The van der Waals surface area contributed by atoms with Crippen LogP contribution in [0.4, 0.5) is 4.39 Å². The van der Waals surface area contributed by atoms with Crippen molar-refractivity contribution in [3.8, 4) is 0 Å². The van der Waals surface area contributed by atoms with Crippen molar-refractivity contribution in [2.45, 2.75) is 39.0 Å². The summed E-state index contributed by atoms with van der Waals surface area (Å²) >= 11 is 1.36. The first-order chi connectivity index (χ1) is 11.3. The van der Waals surface area contributed by atoms with Crippen molar-refractivity contribution < 1.29 is 18.7 Å². The lowest BCUT2D eigenvalue weighted by atomic mass is 10.1. The van der Waals surface area contributed by atoms with Gasteiger partial charge < -0.3 is 4.74 Å². The summed E-state index contributed by atoms with van der Waals surface area (Å²) in [4.78, 5) is 27.1. The van der Waals surface area contributed by atoms with E-state index in [9.17, 15) is 14.0 Å². The maximum absolute atomic E-state index is 13.2. The zero-order valence-corrected chi connectivity index (χ0v) is 15.2. The molecule has 2 rings (SSSR count). The van der Waals surface area contributed by atoms with Gasteiger partial charge in [-0.3, -0.25) is 14.5 Å². The summed E-state index contributed by atoms with van der Waals surface area (Å²) in [5.41, 5.74) is 0.911. The highest BCUT2D eigenvalue weighted by molar-refractivity contribution is 8.04. The molecule has 1 aromatic carbocycles. The Morgan fingerprint density at radius 2 is 1.71 bits per heavy atom. The highest BCUT2D eigenvalue weighted by Gasteiger charge is 2.39. The summed E-state index contributed by atoms with van der Waals surface area (Å²) in [5, 5.41) is 0.152. The maximum atomic E-state index is 13.2. The average Bonchev–Trinajstić information content (AvgIpc) is 2.72. The normalized spacial score (nSPS) is 15.4. The van der Waals surface area contributed by atoms with E-state index in [1.165, 1.54) is 40.9 Å². The Bertz CT molecular complexity index is 653. The Labute approximate surface area is 146 Å². The van der Waals surface area contributed by atoms with Gasteiger partial charge >= 0.3 is 0 Å². The number of amides is 2. The predicted molar refractivity (Wildman–Crippen MR) is 93.9 cm³/mol. The molecule has 0 N–H and O–H groups in total. The molecule has 1 heterocycles. The Kier molecular flexibility index (Phi) is 6.18. The number of imide groups is 1. The molecular formula is C18H22FNO3S. The number of nitrogens with zero attached hydrogens (tertiary/aromatic N) is 1. The molecule has 1 aliphatic heterocycles. The largest absolute Gasteiger partial charge is 0.377 e. The second kappa shape index (κ2) is 7.94. The minimum Gasteiger partial charge on any atom is -0.377 e. The van der Waals surface area contributed by atoms with E-state index < -0.39 is 0 Å². The van der Waals surface area contributed by atoms with Crippen molar-refractivity contribution in [1.82, 2.24) is 4.90 Å². The Hall–Kier alpha value is -1.66. The van der Waals surface area contributed by atoms with Crippen molar-refractivity contribution >= 4 is 29.1 Å². The van der Waals surface area contributed by atoms with E-state index in [4.69, 9.17) is 4.74 Å². The fraction of sp³-hybridized carbons (Fsp3) is 0.444. The van der Waals surface area contributed by atoms with Crippen LogP contribution < -0.4 is 0 Å². The first-order valence-electron chi connectivity index (χ1n) is 7.96. The monoisotopic (exact) mass is 351 g/mol. The molecule has 0 bridgehead atoms. The number of benzene rings is 1. The fourth-order valence-electron chi connectivity index (χ4n) is 2.35. The zero-order chi connectivity index (χ0) is 17.9. The summed E-state index contributed by atoms with van der Waals surface area (Å²) < 4.78 is 18.6. The van der Waals surface area contributed by atoms with Gasteiger partial charge in [0.2, 0.25) is 0 Å². The Balaban J connectivity index is 2.31. The standard InChI is InChI=1S/C18H22FNO3S/c1-11(2)23-10-9-20-17(21)15(13-5-7-14(19)8-6-13)16(18(20)22)24-12(3)4/h5-8,11-12H,9-10H2,1-4H3. The van der Waals surface area contributed by atoms with E-state index in [-0.39, 0.29) is 35.5 Å². The molecule has 6 heteroatoms. The molecule has 0 aliphatic carbocycles. The van der Waals surface area contributed by atoms with Gasteiger partial charge in [-0.05, 0) is 31.5 Å². The number of halogens is 1. The van der Waals surface area contributed by atoms with Gasteiger partial charge in [-0.25, -0.2) is 4.39 Å². The molecule has 0 aromatic heterocycles. The highest BCUT2D eigenvalue weighted by atomic mass is 32.2. The molecule has 0 spiro atoms. The third-order valence-electron chi connectivity index (χ3n) is 3.38. The number of rotatable bonds is 7. The topological polar surface area (TPSA) is 46.6 Å². The predicted octanol–water partition coefficient (Wildman–Crippen LogP) is 3.47. The molecule has 2 amide bonds. The van der Waals surface area contributed by atoms with Crippen molar-refractivity contribution in [2.24, 2.45) is 0 Å². The van der Waals surface area contributed by atoms with Crippen molar-refractivity contribution in [2.75, 3.05) is 13.2 Å². The zero-order valence-electron chi connectivity index (χ0n) is 14.3. The van der Waals surface area contributed by atoms with E-state index in [0.29, 0.717) is 22.6 Å². The van der Waals surface area contributed by atoms with E-state index in [0.717, 1.165) is 0 Å².